The van der Waals surface area contributed by atoms with Gasteiger partial charge in [-0.2, -0.15) is 0 Å². The van der Waals surface area contributed by atoms with Crippen molar-refractivity contribution in [1.29, 1.82) is 0 Å². The molecule has 0 radical (unpaired) electrons. The number of rotatable bonds is 8. The van der Waals surface area contributed by atoms with Crippen molar-refractivity contribution in [2.45, 2.75) is 45.1 Å². The van der Waals surface area contributed by atoms with Crippen molar-refractivity contribution >= 4 is 35.8 Å². The third kappa shape index (κ3) is 8.34. The van der Waals surface area contributed by atoms with Gasteiger partial charge < -0.3 is 20.9 Å². The fraction of sp³-hybridized carbons (Fsp3) is 0.619. The van der Waals surface area contributed by atoms with Gasteiger partial charge in [-0.05, 0) is 56.8 Å². The van der Waals surface area contributed by atoms with Crippen molar-refractivity contribution < 1.29 is 4.79 Å². The molecular weight excluding hydrogens is 465 g/mol. The van der Waals surface area contributed by atoms with Crippen LogP contribution < -0.4 is 16.0 Å². The SMILES string of the molecule is CN=C(NCCCN1CCCCC1C)NCCc1cccc(C(=O)NC)c1.I. The summed E-state index contributed by atoms with van der Waals surface area (Å²) in [5.74, 6) is 0.787. The molecule has 1 heterocycles. The molecule has 1 unspecified atom stereocenters. The van der Waals surface area contributed by atoms with Crippen molar-refractivity contribution in [3.05, 3.63) is 35.4 Å². The zero-order valence-corrected chi connectivity index (χ0v) is 19.8. The molecule has 0 saturated carbocycles. The van der Waals surface area contributed by atoms with E-state index in [0.29, 0.717) is 5.56 Å². The number of aliphatic imine (C=N–C) groups is 1. The first-order valence-corrected chi connectivity index (χ1v) is 10.1. The number of carbonyl (C=O) groups is 1. The highest BCUT2D eigenvalue weighted by molar-refractivity contribution is 14.0. The van der Waals surface area contributed by atoms with E-state index in [0.717, 1.165) is 50.0 Å². The van der Waals surface area contributed by atoms with E-state index in [4.69, 9.17) is 0 Å². The lowest BCUT2D eigenvalue weighted by molar-refractivity contribution is 0.0963. The number of guanidine groups is 1. The van der Waals surface area contributed by atoms with Gasteiger partial charge in [-0.1, -0.05) is 18.6 Å². The van der Waals surface area contributed by atoms with Crippen LogP contribution in [0.4, 0.5) is 0 Å². The van der Waals surface area contributed by atoms with Gasteiger partial charge in [0.1, 0.15) is 0 Å². The lowest BCUT2D eigenvalue weighted by Gasteiger charge is -2.33. The summed E-state index contributed by atoms with van der Waals surface area (Å²) in [7, 11) is 3.45. The second-order valence-corrected chi connectivity index (χ2v) is 7.19. The molecule has 1 aromatic rings. The largest absolute Gasteiger partial charge is 0.356 e. The van der Waals surface area contributed by atoms with Crippen LogP contribution in [0.15, 0.2) is 29.3 Å². The molecule has 6 nitrogen and oxygen atoms in total. The molecule has 1 atom stereocenters. The molecule has 1 aromatic carbocycles. The molecule has 2 rings (SSSR count). The molecule has 3 N–H and O–H groups in total. The number of piperidine rings is 1. The first-order chi connectivity index (χ1) is 13.1. The van der Waals surface area contributed by atoms with Gasteiger partial charge in [0.25, 0.3) is 5.91 Å². The second-order valence-electron chi connectivity index (χ2n) is 7.19. The van der Waals surface area contributed by atoms with Gasteiger partial charge in [-0.3, -0.25) is 9.79 Å². The number of amides is 1. The van der Waals surface area contributed by atoms with E-state index in [9.17, 15) is 4.79 Å². The zero-order chi connectivity index (χ0) is 19.5. The summed E-state index contributed by atoms with van der Waals surface area (Å²) in [6.45, 7) is 6.43. The van der Waals surface area contributed by atoms with Crippen LogP contribution in [-0.4, -0.2) is 63.1 Å². The highest BCUT2D eigenvalue weighted by atomic mass is 127. The van der Waals surface area contributed by atoms with E-state index in [-0.39, 0.29) is 29.9 Å². The molecule has 1 aliphatic rings. The van der Waals surface area contributed by atoms with Gasteiger partial charge >= 0.3 is 0 Å². The zero-order valence-electron chi connectivity index (χ0n) is 17.5. The maximum absolute atomic E-state index is 11.7. The van der Waals surface area contributed by atoms with Crippen LogP contribution in [0.3, 0.4) is 0 Å². The molecule has 158 valence electrons. The number of halogens is 1. The quantitative estimate of drug-likeness (QED) is 0.222. The fourth-order valence-corrected chi connectivity index (χ4v) is 3.54. The Morgan fingerprint density at radius 2 is 2.04 bits per heavy atom. The van der Waals surface area contributed by atoms with Crippen molar-refractivity contribution in [1.82, 2.24) is 20.9 Å². The number of nitrogens with one attached hydrogen (secondary N) is 3. The smallest absolute Gasteiger partial charge is 0.251 e. The predicted octanol–water partition coefficient (Wildman–Crippen LogP) is 2.64. The van der Waals surface area contributed by atoms with Crippen LogP contribution in [0, 0.1) is 0 Å². The van der Waals surface area contributed by atoms with Gasteiger partial charge in [0.05, 0.1) is 0 Å². The van der Waals surface area contributed by atoms with Crippen molar-refractivity contribution in [3.8, 4) is 0 Å². The molecule has 28 heavy (non-hydrogen) atoms. The van der Waals surface area contributed by atoms with Crippen LogP contribution in [0.5, 0.6) is 0 Å². The fourth-order valence-electron chi connectivity index (χ4n) is 3.54. The van der Waals surface area contributed by atoms with Gasteiger partial charge in [-0.15, -0.1) is 24.0 Å². The summed E-state index contributed by atoms with van der Waals surface area (Å²) < 4.78 is 0. The number of likely N-dealkylation sites (tertiary alicyclic amines) is 1. The van der Waals surface area contributed by atoms with Crippen molar-refractivity contribution in [2.75, 3.05) is 40.3 Å². The molecule has 0 aromatic heterocycles. The number of nitrogens with zero attached hydrogens (tertiary/aromatic N) is 2. The number of hydrogen-bond donors (Lipinski definition) is 3. The number of benzene rings is 1. The first-order valence-electron chi connectivity index (χ1n) is 10.1. The lowest BCUT2D eigenvalue weighted by atomic mass is 10.0. The summed E-state index contributed by atoms with van der Waals surface area (Å²) >= 11 is 0. The molecule has 0 spiro atoms. The third-order valence-electron chi connectivity index (χ3n) is 5.20. The maximum Gasteiger partial charge on any atom is 0.251 e. The van der Waals surface area contributed by atoms with Gasteiger partial charge in [0.15, 0.2) is 5.96 Å². The van der Waals surface area contributed by atoms with E-state index < -0.39 is 0 Å². The third-order valence-corrected chi connectivity index (χ3v) is 5.20. The summed E-state index contributed by atoms with van der Waals surface area (Å²) in [4.78, 5) is 18.6. The van der Waals surface area contributed by atoms with Crippen LogP contribution in [0.25, 0.3) is 0 Å². The Balaban J connectivity index is 0.00000392. The maximum atomic E-state index is 11.7. The van der Waals surface area contributed by atoms with E-state index in [1.54, 1.807) is 14.1 Å². The Morgan fingerprint density at radius 3 is 2.75 bits per heavy atom. The Bertz CT molecular complexity index is 623. The van der Waals surface area contributed by atoms with Gasteiger partial charge in [0.2, 0.25) is 0 Å². The van der Waals surface area contributed by atoms with Crippen LogP contribution >= 0.6 is 24.0 Å². The summed E-state index contributed by atoms with van der Waals surface area (Å²) in [6, 6.07) is 8.47. The molecule has 0 bridgehead atoms. The summed E-state index contributed by atoms with van der Waals surface area (Å²) in [6.07, 6.45) is 6.01. The molecule has 0 aliphatic carbocycles. The minimum atomic E-state index is -0.0506. The topological polar surface area (TPSA) is 68.8 Å². The summed E-state index contributed by atoms with van der Waals surface area (Å²) in [5.41, 5.74) is 1.84. The molecule has 1 aliphatic heterocycles. The average molecular weight is 501 g/mol. The minimum Gasteiger partial charge on any atom is -0.356 e. The van der Waals surface area contributed by atoms with Crippen molar-refractivity contribution in [2.24, 2.45) is 4.99 Å². The Morgan fingerprint density at radius 1 is 1.25 bits per heavy atom. The van der Waals surface area contributed by atoms with E-state index in [2.05, 4.69) is 32.8 Å². The molecule has 1 fully saturated rings. The van der Waals surface area contributed by atoms with Gasteiger partial charge in [0, 0.05) is 45.3 Å². The molecular formula is C21H36IN5O. The molecule has 1 amide bonds. The Hall–Kier alpha value is -1.35. The van der Waals surface area contributed by atoms with E-state index >= 15 is 0 Å². The number of hydrogen-bond acceptors (Lipinski definition) is 3. The minimum absolute atomic E-state index is 0. The Kier molecular flexibility index (Phi) is 12.1. The first kappa shape index (κ1) is 24.7. The van der Waals surface area contributed by atoms with Crippen LogP contribution in [0.2, 0.25) is 0 Å². The normalized spacial score (nSPS) is 17.5. The van der Waals surface area contributed by atoms with Crippen LogP contribution in [0.1, 0.15) is 48.5 Å². The highest BCUT2D eigenvalue weighted by Gasteiger charge is 2.17. The van der Waals surface area contributed by atoms with Crippen molar-refractivity contribution in [3.63, 3.8) is 0 Å². The average Bonchev–Trinajstić information content (AvgIpc) is 2.70. The van der Waals surface area contributed by atoms with E-state index in [1.165, 1.54) is 25.8 Å². The lowest BCUT2D eigenvalue weighted by Crippen LogP contribution is -2.41. The monoisotopic (exact) mass is 501 g/mol. The van der Waals surface area contributed by atoms with E-state index in [1.807, 2.05) is 24.3 Å². The molecule has 7 heteroatoms. The standard InChI is InChI=1S/C21H35N5O.HI/c1-17-8-4-5-14-26(17)15-7-12-24-21(23-3)25-13-11-18-9-6-10-19(16-18)20(27)22-2;/h6,9-10,16-17H,4-5,7-8,11-15H2,1-3H3,(H,22,27)(H2,23,24,25);1H. The predicted molar refractivity (Wildman–Crippen MR) is 128 cm³/mol. The Labute approximate surface area is 187 Å². The van der Waals surface area contributed by atoms with Gasteiger partial charge in [-0.25, -0.2) is 0 Å². The number of carbonyl (C=O) groups excluding carboxylic acids is 1. The second kappa shape index (κ2) is 13.8. The summed E-state index contributed by atoms with van der Waals surface area (Å²) in [5, 5.41) is 9.41. The molecule has 1 saturated heterocycles. The highest BCUT2D eigenvalue weighted by Crippen LogP contribution is 2.16. The van der Waals surface area contributed by atoms with Crippen LogP contribution in [-0.2, 0) is 6.42 Å².